The highest BCUT2D eigenvalue weighted by atomic mass is 32.2. The zero-order chi connectivity index (χ0) is 17.0. The van der Waals surface area contributed by atoms with Crippen molar-refractivity contribution in [1.29, 1.82) is 0 Å². The summed E-state index contributed by atoms with van der Waals surface area (Å²) >= 11 is 0. The summed E-state index contributed by atoms with van der Waals surface area (Å²) in [4.78, 5) is 11.6. The highest BCUT2D eigenvalue weighted by Crippen LogP contribution is 2.27. The van der Waals surface area contributed by atoms with Gasteiger partial charge in [0.1, 0.15) is 0 Å². The van der Waals surface area contributed by atoms with Crippen LogP contribution in [-0.2, 0) is 14.8 Å². The molecule has 0 bridgehead atoms. The number of benzene rings is 1. The van der Waals surface area contributed by atoms with Crippen molar-refractivity contribution in [2.45, 2.75) is 24.9 Å². The number of rotatable bonds is 6. The van der Waals surface area contributed by atoms with Crippen LogP contribution in [0.25, 0.3) is 0 Å². The third-order valence-electron chi connectivity index (χ3n) is 3.07. The summed E-state index contributed by atoms with van der Waals surface area (Å²) in [6, 6.07) is 7.11. The fraction of sp³-hybridized carbons (Fsp3) is 0.462. The van der Waals surface area contributed by atoms with Gasteiger partial charge in [-0.3, -0.25) is 0 Å². The molecule has 9 heteroatoms. The van der Waals surface area contributed by atoms with Crippen molar-refractivity contribution >= 4 is 16.0 Å². The molecule has 124 valence electrons. The second kappa shape index (κ2) is 7.10. The molecule has 0 aliphatic carbocycles. The van der Waals surface area contributed by atoms with Gasteiger partial charge in [-0.05, 0) is 25.5 Å². The maximum absolute atomic E-state index is 12.4. The topological polar surface area (TPSA) is 63.7 Å². The van der Waals surface area contributed by atoms with E-state index in [0.29, 0.717) is 5.56 Å². The van der Waals surface area contributed by atoms with Gasteiger partial charge in [0.2, 0.25) is 0 Å². The van der Waals surface area contributed by atoms with E-state index in [1.165, 1.54) is 19.1 Å². The molecule has 0 aromatic heterocycles. The molecule has 0 N–H and O–H groups in total. The van der Waals surface area contributed by atoms with E-state index in [-0.39, 0.29) is 17.3 Å². The van der Waals surface area contributed by atoms with Crippen LogP contribution in [0, 0.1) is 0 Å². The van der Waals surface area contributed by atoms with Crippen molar-refractivity contribution in [3.63, 3.8) is 0 Å². The number of sulfonamides is 1. The predicted molar refractivity (Wildman–Crippen MR) is 73.5 cm³/mol. The Morgan fingerprint density at radius 3 is 2.32 bits per heavy atom. The van der Waals surface area contributed by atoms with Crippen molar-refractivity contribution in [3.8, 4) is 0 Å². The first-order chi connectivity index (χ1) is 10.1. The van der Waals surface area contributed by atoms with Crippen LogP contribution in [0.4, 0.5) is 13.2 Å². The predicted octanol–water partition coefficient (Wildman–Crippen LogP) is 2.40. The van der Waals surface area contributed by atoms with Crippen LogP contribution in [0.15, 0.2) is 30.3 Å². The molecule has 0 aliphatic heterocycles. The lowest BCUT2D eigenvalue weighted by atomic mass is 10.2. The fourth-order valence-electron chi connectivity index (χ4n) is 1.56. The summed E-state index contributed by atoms with van der Waals surface area (Å²) in [5.41, 5.74) is -5.04. The normalized spacial score (nSPS) is 13.9. The molecule has 0 radical (unpaired) electrons. The first kappa shape index (κ1) is 18.4. The molecule has 0 saturated heterocycles. The molecule has 0 aliphatic rings. The largest absolute Gasteiger partial charge is 0.511 e. The molecule has 0 saturated carbocycles. The Morgan fingerprint density at radius 1 is 1.27 bits per heavy atom. The molecule has 5 nitrogen and oxygen atoms in total. The minimum Gasteiger partial charge on any atom is -0.462 e. The van der Waals surface area contributed by atoms with Gasteiger partial charge >= 0.3 is 21.5 Å². The van der Waals surface area contributed by atoms with E-state index in [1.807, 2.05) is 0 Å². The standard InChI is InChI=1S/C13H16F3NO4S/c1-10(17(2)22(19,20)13(14,15)16)8-9-21-12(18)11-6-4-3-5-7-11/h3-7,10H,8-9H2,1-2H3/t10-/m1/s1. The first-order valence-electron chi connectivity index (χ1n) is 6.34. The molecule has 1 rings (SSSR count). The average Bonchev–Trinajstić information content (AvgIpc) is 2.45. The lowest BCUT2D eigenvalue weighted by Gasteiger charge is -2.24. The quantitative estimate of drug-likeness (QED) is 0.747. The van der Waals surface area contributed by atoms with Gasteiger partial charge in [0.15, 0.2) is 0 Å². The van der Waals surface area contributed by atoms with Crippen LogP contribution >= 0.6 is 0 Å². The van der Waals surface area contributed by atoms with E-state index in [1.54, 1.807) is 18.2 Å². The molecule has 1 aromatic carbocycles. The minimum atomic E-state index is -5.39. The molecular weight excluding hydrogens is 323 g/mol. The average molecular weight is 339 g/mol. The summed E-state index contributed by atoms with van der Waals surface area (Å²) in [5, 5.41) is 0. The van der Waals surface area contributed by atoms with Gasteiger partial charge < -0.3 is 4.74 Å². The molecular formula is C13H16F3NO4S. The first-order valence-corrected chi connectivity index (χ1v) is 7.78. The lowest BCUT2D eigenvalue weighted by Crippen LogP contribution is -2.43. The number of hydrogen-bond acceptors (Lipinski definition) is 4. The fourth-order valence-corrected chi connectivity index (χ4v) is 2.47. The molecule has 1 atom stereocenters. The van der Waals surface area contributed by atoms with E-state index in [2.05, 4.69) is 0 Å². The molecule has 0 spiro atoms. The third-order valence-corrected chi connectivity index (χ3v) is 4.77. The van der Waals surface area contributed by atoms with Crippen molar-refractivity contribution in [1.82, 2.24) is 4.31 Å². The zero-order valence-electron chi connectivity index (χ0n) is 12.0. The van der Waals surface area contributed by atoms with Crippen molar-refractivity contribution in [3.05, 3.63) is 35.9 Å². The Morgan fingerprint density at radius 2 is 1.82 bits per heavy atom. The molecule has 0 amide bonds. The number of hydrogen-bond donors (Lipinski definition) is 0. The van der Waals surface area contributed by atoms with Crippen LogP contribution in [-0.4, -0.2) is 43.9 Å². The minimum absolute atomic E-state index is 0.0512. The Kier molecular flexibility index (Phi) is 5.95. The van der Waals surface area contributed by atoms with Gasteiger partial charge in [-0.15, -0.1) is 0 Å². The van der Waals surface area contributed by atoms with Crippen LogP contribution in [0.5, 0.6) is 0 Å². The second-order valence-electron chi connectivity index (χ2n) is 4.61. The SMILES string of the molecule is C[C@H](CCOC(=O)c1ccccc1)N(C)S(=O)(=O)C(F)(F)F. The van der Waals surface area contributed by atoms with Crippen molar-refractivity contribution in [2.24, 2.45) is 0 Å². The highest BCUT2D eigenvalue weighted by molar-refractivity contribution is 7.89. The smallest absolute Gasteiger partial charge is 0.462 e. The van der Waals surface area contributed by atoms with E-state index in [9.17, 15) is 26.4 Å². The number of alkyl halides is 3. The van der Waals surface area contributed by atoms with E-state index in [4.69, 9.17) is 4.74 Å². The number of esters is 1. The summed E-state index contributed by atoms with van der Waals surface area (Å²) in [5.74, 6) is -0.617. The summed E-state index contributed by atoms with van der Waals surface area (Å²) < 4.78 is 64.7. The third kappa shape index (κ3) is 4.44. The van der Waals surface area contributed by atoms with Gasteiger partial charge in [0.25, 0.3) is 0 Å². The van der Waals surface area contributed by atoms with E-state index < -0.39 is 27.5 Å². The summed E-state index contributed by atoms with van der Waals surface area (Å²) in [6.45, 7) is 1.12. The van der Waals surface area contributed by atoms with E-state index in [0.717, 1.165) is 7.05 Å². The molecule has 1 aromatic rings. The molecule has 0 unspecified atom stereocenters. The van der Waals surface area contributed by atoms with Gasteiger partial charge in [-0.2, -0.15) is 17.5 Å². The monoisotopic (exact) mass is 339 g/mol. The summed E-state index contributed by atoms with van der Waals surface area (Å²) in [7, 11) is -4.55. The van der Waals surface area contributed by atoms with Crippen LogP contribution in [0.3, 0.4) is 0 Å². The maximum atomic E-state index is 12.4. The number of carbonyl (C=O) groups is 1. The second-order valence-corrected chi connectivity index (χ2v) is 6.60. The number of halogens is 3. The van der Waals surface area contributed by atoms with Crippen LogP contribution in [0.2, 0.25) is 0 Å². The van der Waals surface area contributed by atoms with Crippen LogP contribution < -0.4 is 0 Å². The maximum Gasteiger partial charge on any atom is 0.511 e. The Bertz CT molecular complexity index is 601. The molecule has 0 fully saturated rings. The number of carbonyl (C=O) groups excluding carboxylic acids is 1. The van der Waals surface area contributed by atoms with Gasteiger partial charge in [0.05, 0.1) is 12.2 Å². The lowest BCUT2D eigenvalue weighted by molar-refractivity contribution is -0.0493. The van der Waals surface area contributed by atoms with Gasteiger partial charge in [-0.25, -0.2) is 13.2 Å². The Balaban J connectivity index is 2.53. The zero-order valence-corrected chi connectivity index (χ0v) is 12.8. The number of ether oxygens (including phenoxy) is 1. The van der Waals surface area contributed by atoms with Crippen molar-refractivity contribution < 1.29 is 31.1 Å². The van der Waals surface area contributed by atoms with E-state index >= 15 is 0 Å². The van der Waals surface area contributed by atoms with Gasteiger partial charge in [-0.1, -0.05) is 18.2 Å². The molecule has 22 heavy (non-hydrogen) atoms. The Labute approximate surface area is 126 Å². The highest BCUT2D eigenvalue weighted by Gasteiger charge is 2.49. The Hall–Kier alpha value is -1.61. The van der Waals surface area contributed by atoms with Crippen molar-refractivity contribution in [2.75, 3.05) is 13.7 Å². The van der Waals surface area contributed by atoms with Crippen LogP contribution in [0.1, 0.15) is 23.7 Å². The van der Waals surface area contributed by atoms with Gasteiger partial charge in [0, 0.05) is 13.1 Å². The number of nitrogens with zero attached hydrogens (tertiary/aromatic N) is 1. The molecule has 0 heterocycles. The summed E-state index contributed by atoms with van der Waals surface area (Å²) in [6.07, 6.45) is -0.0512.